The lowest BCUT2D eigenvalue weighted by molar-refractivity contribution is 0.589. The molecule has 1 aromatic heterocycles. The summed E-state index contributed by atoms with van der Waals surface area (Å²) in [6.45, 7) is 1.90. The maximum absolute atomic E-state index is 5.74. The Morgan fingerprint density at radius 3 is 2.60 bits per heavy atom. The summed E-state index contributed by atoms with van der Waals surface area (Å²) in [5.74, 6) is 0. The van der Waals surface area contributed by atoms with Gasteiger partial charge in [0.25, 0.3) is 0 Å². The van der Waals surface area contributed by atoms with Crippen molar-refractivity contribution in [1.82, 2.24) is 4.98 Å². The van der Waals surface area contributed by atoms with Crippen molar-refractivity contribution in [3.63, 3.8) is 0 Å². The largest absolute Gasteiger partial charge is 0.367 e. The van der Waals surface area contributed by atoms with Crippen molar-refractivity contribution in [2.45, 2.75) is 19.0 Å². The van der Waals surface area contributed by atoms with Crippen LogP contribution < -0.4 is 11.5 Å². The summed E-state index contributed by atoms with van der Waals surface area (Å²) in [4.78, 5) is 2.93. The number of nitrogens with two attached hydrogens (primary N) is 2. The van der Waals surface area contributed by atoms with Gasteiger partial charge in [-0.2, -0.15) is 0 Å². The summed E-state index contributed by atoms with van der Waals surface area (Å²) in [6, 6.07) is 1.90. The molecule has 1 rings (SSSR count). The van der Waals surface area contributed by atoms with Crippen LogP contribution in [0.25, 0.3) is 0 Å². The summed E-state index contributed by atoms with van der Waals surface area (Å²) in [5.41, 5.74) is 12.4. The third kappa shape index (κ3) is 1.37. The van der Waals surface area contributed by atoms with Crippen molar-refractivity contribution in [2.24, 2.45) is 11.5 Å². The fraction of sp³-hybridized carbons (Fsp3) is 0.429. The number of nitrogens with one attached hydrogen (secondary N) is 1. The third-order valence-corrected chi connectivity index (χ3v) is 1.57. The number of H-pyrrole nitrogens is 1. The van der Waals surface area contributed by atoms with E-state index in [0.29, 0.717) is 0 Å². The van der Waals surface area contributed by atoms with Crippen LogP contribution in [-0.2, 0) is 0 Å². The van der Waals surface area contributed by atoms with Gasteiger partial charge in [0.2, 0.25) is 0 Å². The van der Waals surface area contributed by atoms with Crippen LogP contribution in [0.3, 0.4) is 0 Å². The summed E-state index contributed by atoms with van der Waals surface area (Å²) < 4.78 is 0. The molecule has 2 atom stereocenters. The van der Waals surface area contributed by atoms with Crippen molar-refractivity contribution < 1.29 is 0 Å². The molecule has 1 aromatic rings. The van der Waals surface area contributed by atoms with E-state index in [0.717, 1.165) is 5.56 Å². The summed E-state index contributed by atoms with van der Waals surface area (Å²) in [5, 5.41) is 0. The first kappa shape index (κ1) is 7.31. The van der Waals surface area contributed by atoms with Crippen molar-refractivity contribution in [2.75, 3.05) is 0 Å². The van der Waals surface area contributed by atoms with Crippen molar-refractivity contribution >= 4 is 0 Å². The topological polar surface area (TPSA) is 67.8 Å². The second-order valence-electron chi connectivity index (χ2n) is 2.53. The molecular formula is C7H13N3. The molecule has 3 nitrogen and oxygen atoms in total. The number of aromatic nitrogens is 1. The van der Waals surface area contributed by atoms with Crippen molar-refractivity contribution in [3.8, 4) is 0 Å². The number of hydrogen-bond acceptors (Lipinski definition) is 2. The van der Waals surface area contributed by atoms with E-state index in [9.17, 15) is 0 Å². The first-order valence-electron chi connectivity index (χ1n) is 3.35. The highest BCUT2D eigenvalue weighted by Crippen LogP contribution is 2.10. The van der Waals surface area contributed by atoms with Crippen LogP contribution in [-0.4, -0.2) is 11.0 Å². The lowest BCUT2D eigenvalue weighted by Gasteiger charge is -2.12. The van der Waals surface area contributed by atoms with Crippen LogP contribution in [0.1, 0.15) is 18.5 Å². The van der Waals surface area contributed by atoms with Crippen LogP contribution in [0, 0.1) is 0 Å². The van der Waals surface area contributed by atoms with E-state index >= 15 is 0 Å². The number of hydrogen-bond donors (Lipinski definition) is 3. The number of aromatic amines is 1. The molecule has 0 bridgehead atoms. The molecule has 0 saturated carbocycles. The van der Waals surface area contributed by atoms with Gasteiger partial charge < -0.3 is 16.5 Å². The highest BCUT2D eigenvalue weighted by atomic mass is 14.8. The molecular weight excluding hydrogens is 126 g/mol. The minimum absolute atomic E-state index is 0.01000. The lowest BCUT2D eigenvalue weighted by Crippen LogP contribution is -2.30. The van der Waals surface area contributed by atoms with Crippen LogP contribution in [0.15, 0.2) is 18.5 Å². The van der Waals surface area contributed by atoms with Crippen molar-refractivity contribution in [1.29, 1.82) is 0 Å². The minimum Gasteiger partial charge on any atom is -0.367 e. The van der Waals surface area contributed by atoms with Gasteiger partial charge in [-0.1, -0.05) is 0 Å². The molecule has 3 heteroatoms. The van der Waals surface area contributed by atoms with E-state index in [4.69, 9.17) is 11.5 Å². The molecule has 0 fully saturated rings. The highest BCUT2D eigenvalue weighted by molar-refractivity contribution is 5.14. The van der Waals surface area contributed by atoms with Gasteiger partial charge in [-0.3, -0.25) is 0 Å². The van der Waals surface area contributed by atoms with E-state index in [1.807, 2.05) is 25.4 Å². The van der Waals surface area contributed by atoms with Gasteiger partial charge >= 0.3 is 0 Å². The fourth-order valence-electron chi connectivity index (χ4n) is 0.848. The third-order valence-electron chi connectivity index (χ3n) is 1.57. The van der Waals surface area contributed by atoms with Crippen LogP contribution >= 0.6 is 0 Å². The molecule has 0 aliphatic rings. The lowest BCUT2D eigenvalue weighted by atomic mass is 10.1. The van der Waals surface area contributed by atoms with Gasteiger partial charge in [0, 0.05) is 24.5 Å². The maximum atomic E-state index is 5.74. The Morgan fingerprint density at radius 2 is 2.20 bits per heavy atom. The van der Waals surface area contributed by atoms with Gasteiger partial charge in [-0.05, 0) is 18.6 Å². The molecule has 0 aliphatic heterocycles. The fourth-order valence-corrected chi connectivity index (χ4v) is 0.848. The molecule has 0 aromatic carbocycles. The van der Waals surface area contributed by atoms with E-state index in [1.54, 1.807) is 0 Å². The molecule has 10 heavy (non-hydrogen) atoms. The molecule has 2 unspecified atom stereocenters. The average Bonchev–Trinajstić information content (AvgIpc) is 2.36. The first-order chi connectivity index (χ1) is 4.72. The molecule has 5 N–H and O–H groups in total. The van der Waals surface area contributed by atoms with E-state index in [-0.39, 0.29) is 12.1 Å². The zero-order valence-electron chi connectivity index (χ0n) is 6.04. The SMILES string of the molecule is CC(N)C(N)c1cc[nH]c1. The quantitative estimate of drug-likeness (QED) is 0.554. The molecule has 1 heterocycles. The van der Waals surface area contributed by atoms with Crippen LogP contribution in [0.2, 0.25) is 0 Å². The Hall–Kier alpha value is -0.800. The smallest absolute Gasteiger partial charge is 0.0461 e. The second kappa shape index (κ2) is 2.86. The van der Waals surface area contributed by atoms with E-state index in [2.05, 4.69) is 4.98 Å². The van der Waals surface area contributed by atoms with Gasteiger partial charge in [-0.25, -0.2) is 0 Å². The van der Waals surface area contributed by atoms with Crippen LogP contribution in [0.4, 0.5) is 0 Å². The van der Waals surface area contributed by atoms with Gasteiger partial charge in [0.15, 0.2) is 0 Å². The monoisotopic (exact) mass is 139 g/mol. The Morgan fingerprint density at radius 1 is 1.50 bits per heavy atom. The standard InChI is InChI=1S/C7H13N3/c1-5(8)7(9)6-2-3-10-4-6/h2-5,7,10H,8-9H2,1H3. The molecule has 0 amide bonds. The molecule has 0 radical (unpaired) electrons. The first-order valence-corrected chi connectivity index (χ1v) is 3.35. The zero-order chi connectivity index (χ0) is 7.56. The summed E-state index contributed by atoms with van der Waals surface area (Å²) in [6.07, 6.45) is 3.71. The zero-order valence-corrected chi connectivity index (χ0v) is 6.04. The number of rotatable bonds is 2. The van der Waals surface area contributed by atoms with E-state index in [1.165, 1.54) is 0 Å². The normalized spacial score (nSPS) is 16.7. The molecule has 0 aliphatic carbocycles. The Kier molecular flexibility index (Phi) is 2.09. The Bertz CT molecular complexity index is 179. The van der Waals surface area contributed by atoms with Gasteiger partial charge in [0.05, 0.1) is 0 Å². The van der Waals surface area contributed by atoms with Crippen molar-refractivity contribution in [3.05, 3.63) is 24.0 Å². The van der Waals surface area contributed by atoms with Gasteiger partial charge in [-0.15, -0.1) is 0 Å². The Labute approximate surface area is 60.4 Å². The predicted molar refractivity (Wildman–Crippen MR) is 41.4 cm³/mol. The summed E-state index contributed by atoms with van der Waals surface area (Å²) >= 11 is 0. The van der Waals surface area contributed by atoms with Crippen LogP contribution in [0.5, 0.6) is 0 Å². The Balaban J connectivity index is 2.68. The molecule has 0 saturated heterocycles. The molecule has 0 spiro atoms. The highest BCUT2D eigenvalue weighted by Gasteiger charge is 2.09. The predicted octanol–water partition coefficient (Wildman–Crippen LogP) is 0.362. The molecule has 56 valence electrons. The van der Waals surface area contributed by atoms with E-state index < -0.39 is 0 Å². The second-order valence-corrected chi connectivity index (χ2v) is 2.53. The van der Waals surface area contributed by atoms with Gasteiger partial charge in [0.1, 0.15) is 0 Å². The summed E-state index contributed by atoms with van der Waals surface area (Å²) in [7, 11) is 0. The maximum Gasteiger partial charge on any atom is 0.0461 e. The average molecular weight is 139 g/mol. The minimum atomic E-state index is -0.0498.